The van der Waals surface area contributed by atoms with E-state index >= 15 is 0 Å². The van der Waals surface area contributed by atoms with E-state index < -0.39 is 5.82 Å². The molecule has 0 aliphatic rings. The van der Waals surface area contributed by atoms with Crippen LogP contribution in [0.5, 0.6) is 0 Å². The lowest BCUT2D eigenvalue weighted by molar-refractivity contribution is -0.120. The summed E-state index contributed by atoms with van der Waals surface area (Å²) in [5, 5.41) is 4.63. The van der Waals surface area contributed by atoms with Gasteiger partial charge in [-0.1, -0.05) is 18.2 Å². The number of benzene rings is 1. The van der Waals surface area contributed by atoms with Gasteiger partial charge in [0, 0.05) is 11.4 Å². The normalized spacial score (nSPS) is 12.4. The topological polar surface area (TPSA) is 32.3 Å². The maximum atomic E-state index is 13.5. The fraction of sp³-hybridized carbons (Fsp3) is 0.267. The third kappa shape index (κ3) is 3.65. The summed E-state index contributed by atoms with van der Waals surface area (Å²) in [6.45, 7) is 2.51. The Morgan fingerprint density at radius 1 is 1.35 bits per heavy atom. The van der Waals surface area contributed by atoms with Crippen molar-refractivity contribution in [3.05, 3.63) is 52.5 Å². The molecule has 0 saturated carbocycles. The van der Waals surface area contributed by atoms with Crippen LogP contribution >= 0.6 is 11.3 Å². The Balaban J connectivity index is 1.96. The van der Waals surface area contributed by atoms with Crippen LogP contribution in [0.25, 0.3) is 0 Å². The highest BCUT2D eigenvalue weighted by molar-refractivity contribution is 7.09. The molecule has 1 atom stereocenters. The van der Waals surface area contributed by atoms with E-state index in [0.717, 1.165) is 0 Å². The van der Waals surface area contributed by atoms with Gasteiger partial charge in [-0.3, -0.25) is 9.69 Å². The molecule has 1 heterocycles. The minimum atomic E-state index is -0.422. The number of carbonyl (C=O) groups is 1. The first kappa shape index (κ1) is 14.7. The van der Waals surface area contributed by atoms with Gasteiger partial charge in [-0.05, 0) is 37.6 Å². The van der Waals surface area contributed by atoms with Crippen molar-refractivity contribution in [1.82, 2.24) is 4.90 Å². The number of carbonyl (C=O) groups excluding carboxylic acids is 1. The molecule has 0 radical (unpaired) electrons. The van der Waals surface area contributed by atoms with Crippen LogP contribution in [0.4, 0.5) is 10.1 Å². The average molecular weight is 292 g/mol. The third-order valence-corrected chi connectivity index (χ3v) is 4.02. The number of nitrogens with zero attached hydrogens (tertiary/aromatic N) is 1. The Bertz CT molecular complexity index is 571. The number of halogens is 1. The molecule has 2 rings (SSSR count). The molecule has 0 unspecified atom stereocenters. The zero-order valence-electron chi connectivity index (χ0n) is 11.5. The number of nitrogens with one attached hydrogen (secondary N) is 1. The molecular formula is C15H17FN2OS. The SMILES string of the molecule is C[C@H](C(=O)Nc1ccccc1F)N(C)Cc1cccs1. The van der Waals surface area contributed by atoms with E-state index in [1.54, 1.807) is 29.5 Å². The van der Waals surface area contributed by atoms with Crippen molar-refractivity contribution in [1.29, 1.82) is 0 Å². The van der Waals surface area contributed by atoms with E-state index in [0.29, 0.717) is 6.54 Å². The fourth-order valence-corrected chi connectivity index (χ4v) is 2.55. The van der Waals surface area contributed by atoms with Gasteiger partial charge < -0.3 is 5.32 Å². The largest absolute Gasteiger partial charge is 0.322 e. The molecule has 1 N–H and O–H groups in total. The standard InChI is InChI=1S/C15H17FN2OS/c1-11(18(2)10-12-6-5-9-20-12)15(19)17-14-8-4-3-7-13(14)16/h3-9,11H,10H2,1-2H3,(H,17,19)/t11-/m1/s1. The molecule has 20 heavy (non-hydrogen) atoms. The van der Waals surface area contributed by atoms with Crippen LogP contribution in [-0.4, -0.2) is 23.9 Å². The van der Waals surface area contributed by atoms with E-state index in [2.05, 4.69) is 5.32 Å². The Labute approximate surface area is 122 Å². The summed E-state index contributed by atoms with van der Waals surface area (Å²) in [6, 6.07) is 9.85. The molecule has 0 saturated heterocycles. The van der Waals surface area contributed by atoms with Crippen LogP contribution in [0.15, 0.2) is 41.8 Å². The molecule has 1 aromatic carbocycles. The molecule has 0 aliphatic heterocycles. The van der Waals surface area contributed by atoms with Gasteiger partial charge in [-0.15, -0.1) is 11.3 Å². The van der Waals surface area contributed by atoms with Crippen molar-refractivity contribution < 1.29 is 9.18 Å². The molecule has 3 nitrogen and oxygen atoms in total. The average Bonchev–Trinajstić information content (AvgIpc) is 2.93. The Morgan fingerprint density at radius 2 is 2.10 bits per heavy atom. The number of rotatable bonds is 5. The molecule has 1 aromatic heterocycles. The third-order valence-electron chi connectivity index (χ3n) is 3.16. The van der Waals surface area contributed by atoms with Crippen molar-refractivity contribution in [2.75, 3.05) is 12.4 Å². The number of likely N-dealkylation sites (N-methyl/N-ethyl adjacent to an activating group) is 1. The molecule has 0 bridgehead atoms. The predicted molar refractivity (Wildman–Crippen MR) is 80.3 cm³/mol. The summed E-state index contributed by atoms with van der Waals surface area (Å²) in [5.74, 6) is -0.636. The maximum Gasteiger partial charge on any atom is 0.241 e. The van der Waals surface area contributed by atoms with Crippen LogP contribution in [-0.2, 0) is 11.3 Å². The number of para-hydroxylation sites is 1. The quantitative estimate of drug-likeness (QED) is 0.916. The minimum absolute atomic E-state index is 0.214. The maximum absolute atomic E-state index is 13.5. The molecule has 2 aromatic rings. The zero-order chi connectivity index (χ0) is 14.5. The van der Waals surface area contributed by atoms with Crippen molar-refractivity contribution in [2.45, 2.75) is 19.5 Å². The van der Waals surface area contributed by atoms with Crippen molar-refractivity contribution >= 4 is 22.9 Å². The van der Waals surface area contributed by atoms with E-state index in [1.165, 1.54) is 10.9 Å². The molecular weight excluding hydrogens is 275 g/mol. The minimum Gasteiger partial charge on any atom is -0.322 e. The van der Waals surface area contributed by atoms with Gasteiger partial charge in [0.1, 0.15) is 5.82 Å². The van der Waals surface area contributed by atoms with Gasteiger partial charge in [0.05, 0.1) is 11.7 Å². The monoisotopic (exact) mass is 292 g/mol. The lowest BCUT2D eigenvalue weighted by atomic mass is 10.2. The highest BCUT2D eigenvalue weighted by Gasteiger charge is 2.19. The van der Waals surface area contributed by atoms with Crippen LogP contribution in [0.2, 0.25) is 0 Å². The second-order valence-electron chi connectivity index (χ2n) is 4.64. The predicted octanol–water partition coefficient (Wildman–Crippen LogP) is 3.35. The lowest BCUT2D eigenvalue weighted by Gasteiger charge is -2.23. The van der Waals surface area contributed by atoms with Gasteiger partial charge in [0.2, 0.25) is 5.91 Å². The first-order valence-electron chi connectivity index (χ1n) is 6.36. The molecule has 0 spiro atoms. The summed E-state index contributed by atoms with van der Waals surface area (Å²) in [6.07, 6.45) is 0. The molecule has 1 amide bonds. The summed E-state index contributed by atoms with van der Waals surface area (Å²) < 4.78 is 13.5. The molecule has 0 aliphatic carbocycles. The molecule has 106 valence electrons. The number of thiophene rings is 1. The fourth-order valence-electron chi connectivity index (χ4n) is 1.79. The Morgan fingerprint density at radius 3 is 2.75 bits per heavy atom. The lowest BCUT2D eigenvalue weighted by Crippen LogP contribution is -2.39. The van der Waals surface area contributed by atoms with Gasteiger partial charge in [-0.25, -0.2) is 4.39 Å². The van der Waals surface area contributed by atoms with Crippen molar-refractivity contribution in [3.63, 3.8) is 0 Å². The number of hydrogen-bond acceptors (Lipinski definition) is 3. The van der Waals surface area contributed by atoms with E-state index in [4.69, 9.17) is 0 Å². The van der Waals surface area contributed by atoms with Gasteiger partial charge in [-0.2, -0.15) is 0 Å². The second-order valence-corrected chi connectivity index (χ2v) is 5.67. The van der Waals surface area contributed by atoms with Gasteiger partial charge in [0.15, 0.2) is 0 Å². The van der Waals surface area contributed by atoms with Gasteiger partial charge >= 0.3 is 0 Å². The smallest absolute Gasteiger partial charge is 0.241 e. The molecule has 5 heteroatoms. The number of anilines is 1. The summed E-state index contributed by atoms with van der Waals surface area (Å²) in [7, 11) is 1.88. The number of amides is 1. The summed E-state index contributed by atoms with van der Waals surface area (Å²) >= 11 is 1.65. The Kier molecular flexibility index (Phi) is 4.87. The van der Waals surface area contributed by atoms with Crippen LogP contribution in [0.1, 0.15) is 11.8 Å². The number of hydrogen-bond donors (Lipinski definition) is 1. The second kappa shape index (κ2) is 6.63. The highest BCUT2D eigenvalue weighted by Crippen LogP contribution is 2.15. The van der Waals surface area contributed by atoms with Crippen LogP contribution in [0, 0.1) is 5.82 Å². The summed E-state index contributed by atoms with van der Waals surface area (Å²) in [5.41, 5.74) is 0.217. The first-order chi connectivity index (χ1) is 9.58. The zero-order valence-corrected chi connectivity index (χ0v) is 12.3. The highest BCUT2D eigenvalue weighted by atomic mass is 32.1. The van der Waals surface area contributed by atoms with Crippen LogP contribution in [0.3, 0.4) is 0 Å². The van der Waals surface area contributed by atoms with E-state index in [-0.39, 0.29) is 17.6 Å². The van der Waals surface area contributed by atoms with Crippen LogP contribution < -0.4 is 5.32 Å². The van der Waals surface area contributed by atoms with E-state index in [9.17, 15) is 9.18 Å². The Hall–Kier alpha value is -1.72. The van der Waals surface area contributed by atoms with E-state index in [1.807, 2.05) is 36.4 Å². The first-order valence-corrected chi connectivity index (χ1v) is 7.24. The van der Waals surface area contributed by atoms with Gasteiger partial charge in [0.25, 0.3) is 0 Å². The summed E-state index contributed by atoms with van der Waals surface area (Å²) in [4.78, 5) is 15.2. The van der Waals surface area contributed by atoms with Crippen molar-refractivity contribution in [2.24, 2.45) is 0 Å². The van der Waals surface area contributed by atoms with Crippen molar-refractivity contribution in [3.8, 4) is 0 Å². The molecule has 0 fully saturated rings.